The van der Waals surface area contributed by atoms with Crippen molar-refractivity contribution in [3.8, 4) is 0 Å². The molecule has 0 fully saturated rings. The summed E-state index contributed by atoms with van der Waals surface area (Å²) >= 11 is 0. The summed E-state index contributed by atoms with van der Waals surface area (Å²) in [6.45, 7) is -0.249. The number of nitrogens with one attached hydrogen (secondary N) is 2. The highest BCUT2D eigenvalue weighted by molar-refractivity contribution is 7.89. The van der Waals surface area contributed by atoms with Crippen molar-refractivity contribution in [3.63, 3.8) is 0 Å². The highest BCUT2D eigenvalue weighted by Crippen LogP contribution is 2.15. The van der Waals surface area contributed by atoms with Gasteiger partial charge in [0.05, 0.1) is 18.0 Å². The maximum atomic E-state index is 12.2. The van der Waals surface area contributed by atoms with Crippen LogP contribution in [0.15, 0.2) is 29.2 Å². The topological polar surface area (TPSA) is 87.7 Å². The molecule has 0 aliphatic carbocycles. The van der Waals surface area contributed by atoms with E-state index in [2.05, 4.69) is 10.0 Å². The highest BCUT2D eigenvalue weighted by atomic mass is 32.2. The summed E-state index contributed by atoms with van der Waals surface area (Å²) in [6.07, 6.45) is -3.90. The molecule has 27 heavy (non-hydrogen) atoms. The van der Waals surface area contributed by atoms with Gasteiger partial charge in [0.15, 0.2) is 0 Å². The van der Waals surface area contributed by atoms with Gasteiger partial charge in [0, 0.05) is 25.8 Å². The van der Waals surface area contributed by atoms with Crippen molar-refractivity contribution in [2.24, 2.45) is 0 Å². The molecule has 0 saturated heterocycles. The van der Waals surface area contributed by atoms with Crippen molar-refractivity contribution >= 4 is 15.9 Å². The van der Waals surface area contributed by atoms with Crippen LogP contribution in [-0.4, -0.2) is 72.3 Å². The Kier molecular flexibility index (Phi) is 9.16. The maximum absolute atomic E-state index is 12.2. The Morgan fingerprint density at radius 3 is 2.37 bits per heavy atom. The molecule has 0 spiro atoms. The van der Waals surface area contributed by atoms with Gasteiger partial charge in [-0.25, -0.2) is 13.1 Å². The third-order valence-electron chi connectivity index (χ3n) is 3.48. The zero-order valence-corrected chi connectivity index (χ0v) is 16.0. The van der Waals surface area contributed by atoms with Crippen LogP contribution < -0.4 is 10.0 Å². The first-order valence-corrected chi connectivity index (χ1v) is 9.65. The quantitative estimate of drug-likeness (QED) is 0.535. The van der Waals surface area contributed by atoms with Gasteiger partial charge in [0.25, 0.3) is 5.91 Å². The number of carbonyl (C=O) groups is 1. The number of amides is 1. The molecule has 0 unspecified atom stereocenters. The minimum Gasteiger partial charge on any atom is -0.383 e. The molecule has 7 nitrogen and oxygen atoms in total. The monoisotopic (exact) mass is 411 g/mol. The second-order valence-corrected chi connectivity index (χ2v) is 7.64. The van der Waals surface area contributed by atoms with Gasteiger partial charge < -0.3 is 10.1 Å². The van der Waals surface area contributed by atoms with Crippen molar-refractivity contribution in [3.05, 3.63) is 29.8 Å². The summed E-state index contributed by atoms with van der Waals surface area (Å²) in [6, 6.07) is 5.36. The molecule has 0 aliphatic heterocycles. The van der Waals surface area contributed by atoms with Crippen molar-refractivity contribution in [2.45, 2.75) is 17.5 Å². The van der Waals surface area contributed by atoms with Crippen LogP contribution in [0.5, 0.6) is 0 Å². The van der Waals surface area contributed by atoms with Gasteiger partial charge in [-0.1, -0.05) is 0 Å². The van der Waals surface area contributed by atoms with E-state index in [0.717, 1.165) is 4.90 Å². The Labute approximate surface area is 156 Å². The number of ether oxygens (including phenoxy) is 1. The number of methoxy groups -OCH3 is 1. The Hall–Kier alpha value is -1.69. The van der Waals surface area contributed by atoms with Crippen molar-refractivity contribution in [2.75, 3.05) is 46.9 Å². The Morgan fingerprint density at radius 1 is 1.19 bits per heavy atom. The fourth-order valence-corrected chi connectivity index (χ4v) is 3.20. The van der Waals surface area contributed by atoms with Gasteiger partial charge in [-0.15, -0.1) is 0 Å². The largest absolute Gasteiger partial charge is 0.401 e. The minimum absolute atomic E-state index is 0.0175. The SMILES string of the molecule is COCCNS(=O)(=O)c1ccc(C(=O)NCCCN(C)CC(F)(F)F)cc1. The number of hydrogen-bond acceptors (Lipinski definition) is 5. The average molecular weight is 411 g/mol. The van der Waals surface area contributed by atoms with Crippen LogP contribution in [0, 0.1) is 0 Å². The molecule has 1 aromatic rings. The first-order valence-electron chi connectivity index (χ1n) is 8.17. The van der Waals surface area contributed by atoms with Crippen LogP contribution in [-0.2, 0) is 14.8 Å². The molecule has 1 rings (SSSR count). The predicted molar refractivity (Wildman–Crippen MR) is 94.0 cm³/mol. The standard InChI is InChI=1S/C16H24F3N3O4S/c1-22(12-16(17,18)19)10-3-8-20-15(23)13-4-6-14(7-5-13)27(24,25)21-9-11-26-2/h4-7,21H,3,8-12H2,1-2H3,(H,20,23). The lowest BCUT2D eigenvalue weighted by molar-refractivity contribution is -0.143. The summed E-state index contributed by atoms with van der Waals surface area (Å²) < 4.78 is 67.8. The minimum atomic E-state index is -4.25. The van der Waals surface area contributed by atoms with Gasteiger partial charge in [0.2, 0.25) is 10.0 Å². The number of hydrogen-bond donors (Lipinski definition) is 2. The molecule has 0 aromatic heterocycles. The highest BCUT2D eigenvalue weighted by Gasteiger charge is 2.28. The number of benzene rings is 1. The molecule has 0 aliphatic rings. The lowest BCUT2D eigenvalue weighted by atomic mass is 10.2. The number of sulfonamides is 1. The summed E-state index contributed by atoms with van der Waals surface area (Å²) in [5, 5.41) is 2.59. The molecule has 154 valence electrons. The summed E-state index contributed by atoms with van der Waals surface area (Å²) in [5.41, 5.74) is 0.259. The number of carbonyl (C=O) groups excluding carboxylic acids is 1. The van der Waals surface area contributed by atoms with Crippen LogP contribution in [0.4, 0.5) is 13.2 Å². The average Bonchev–Trinajstić information content (AvgIpc) is 2.57. The first kappa shape index (κ1) is 23.3. The van der Waals surface area contributed by atoms with Crippen molar-refractivity contribution in [1.29, 1.82) is 0 Å². The van der Waals surface area contributed by atoms with E-state index in [4.69, 9.17) is 4.74 Å². The predicted octanol–water partition coefficient (Wildman–Crippen LogP) is 1.23. The van der Waals surface area contributed by atoms with E-state index in [1.54, 1.807) is 0 Å². The molecule has 0 radical (unpaired) electrons. The van der Waals surface area contributed by atoms with E-state index in [-0.39, 0.29) is 36.7 Å². The van der Waals surface area contributed by atoms with E-state index in [9.17, 15) is 26.4 Å². The molecule has 1 aromatic carbocycles. The smallest absolute Gasteiger partial charge is 0.383 e. The van der Waals surface area contributed by atoms with Crippen LogP contribution in [0.25, 0.3) is 0 Å². The molecule has 0 saturated carbocycles. The zero-order chi connectivity index (χ0) is 20.5. The van der Waals surface area contributed by atoms with E-state index in [0.29, 0.717) is 6.42 Å². The fraction of sp³-hybridized carbons (Fsp3) is 0.562. The molecule has 0 atom stereocenters. The van der Waals surface area contributed by atoms with Gasteiger partial charge in [-0.05, 0) is 44.3 Å². The Balaban J connectivity index is 2.46. The van der Waals surface area contributed by atoms with Gasteiger partial charge in [0.1, 0.15) is 0 Å². The van der Waals surface area contributed by atoms with Gasteiger partial charge in [-0.2, -0.15) is 13.2 Å². The van der Waals surface area contributed by atoms with Crippen molar-refractivity contribution in [1.82, 2.24) is 14.9 Å². The molecular weight excluding hydrogens is 387 g/mol. The van der Waals surface area contributed by atoms with E-state index < -0.39 is 28.7 Å². The summed E-state index contributed by atoms with van der Waals surface area (Å²) in [7, 11) is -0.869. The number of halogens is 3. The molecule has 0 bridgehead atoms. The van der Waals surface area contributed by atoms with Crippen molar-refractivity contribution < 1.29 is 31.1 Å². The number of nitrogens with zero attached hydrogens (tertiary/aromatic N) is 1. The van der Waals surface area contributed by atoms with Gasteiger partial charge >= 0.3 is 6.18 Å². The third kappa shape index (κ3) is 9.18. The van der Waals surface area contributed by atoms with Crippen LogP contribution in [0.3, 0.4) is 0 Å². The van der Waals surface area contributed by atoms with Crippen LogP contribution in [0.1, 0.15) is 16.8 Å². The number of alkyl halides is 3. The molecule has 2 N–H and O–H groups in total. The van der Waals surface area contributed by atoms with E-state index in [1.807, 2.05) is 0 Å². The summed E-state index contributed by atoms with van der Waals surface area (Å²) in [5.74, 6) is -0.426. The Bertz CT molecular complexity index is 694. The zero-order valence-electron chi connectivity index (χ0n) is 15.2. The molecule has 1 amide bonds. The second kappa shape index (κ2) is 10.6. The van der Waals surface area contributed by atoms with Crippen LogP contribution in [0.2, 0.25) is 0 Å². The lowest BCUT2D eigenvalue weighted by Crippen LogP contribution is -2.33. The second-order valence-electron chi connectivity index (χ2n) is 5.88. The molecule has 11 heteroatoms. The summed E-state index contributed by atoms with van der Waals surface area (Å²) in [4.78, 5) is 13.1. The van der Waals surface area contributed by atoms with E-state index in [1.165, 1.54) is 38.4 Å². The van der Waals surface area contributed by atoms with E-state index >= 15 is 0 Å². The van der Waals surface area contributed by atoms with Crippen LogP contribution >= 0.6 is 0 Å². The lowest BCUT2D eigenvalue weighted by Gasteiger charge is -2.18. The maximum Gasteiger partial charge on any atom is 0.401 e. The third-order valence-corrected chi connectivity index (χ3v) is 4.95. The Morgan fingerprint density at radius 2 is 1.81 bits per heavy atom. The number of rotatable bonds is 11. The molecule has 0 heterocycles. The molecular formula is C16H24F3N3O4S. The fourth-order valence-electron chi connectivity index (χ4n) is 2.18. The van der Waals surface area contributed by atoms with Gasteiger partial charge in [-0.3, -0.25) is 9.69 Å². The normalized spacial score (nSPS) is 12.4. The first-order chi connectivity index (χ1) is 12.5.